The Morgan fingerprint density at radius 1 is 1.24 bits per heavy atom. The van der Waals surface area contributed by atoms with Crippen LogP contribution >= 0.6 is 27.3 Å². The first-order chi connectivity index (χ1) is 8.10. The lowest BCUT2D eigenvalue weighted by Crippen LogP contribution is -2.53. The van der Waals surface area contributed by atoms with E-state index in [1.54, 1.807) is 21.1 Å². The number of rotatable bonds is 3. The third-order valence-corrected chi connectivity index (χ3v) is 4.32. The van der Waals surface area contributed by atoms with Crippen LogP contribution in [-0.2, 0) is 16.1 Å². The summed E-state index contributed by atoms with van der Waals surface area (Å²) < 4.78 is 1.04. The second kappa shape index (κ2) is 5.18. The molecule has 6 heteroatoms. The number of piperazine rings is 1. The smallest absolute Gasteiger partial charge is 0.242 e. The minimum Gasteiger partial charge on any atom is -0.332 e. The van der Waals surface area contributed by atoms with Crippen molar-refractivity contribution in [1.29, 1.82) is 0 Å². The highest BCUT2D eigenvalue weighted by Crippen LogP contribution is 2.23. The van der Waals surface area contributed by atoms with Crippen molar-refractivity contribution in [2.24, 2.45) is 0 Å². The number of likely N-dealkylation sites (N-methyl/N-ethyl adjacent to an activating group) is 1. The molecule has 4 nitrogen and oxygen atoms in total. The first kappa shape index (κ1) is 12.6. The van der Waals surface area contributed by atoms with Gasteiger partial charge in [-0.25, -0.2) is 0 Å². The zero-order valence-electron chi connectivity index (χ0n) is 9.48. The summed E-state index contributed by atoms with van der Waals surface area (Å²) in [4.78, 5) is 27.8. The number of nitrogens with zero attached hydrogens (tertiary/aromatic N) is 2. The van der Waals surface area contributed by atoms with Crippen molar-refractivity contribution >= 4 is 39.1 Å². The maximum absolute atomic E-state index is 11.8. The number of hydrogen-bond acceptors (Lipinski definition) is 3. The van der Waals surface area contributed by atoms with Crippen LogP contribution in [0.15, 0.2) is 15.9 Å². The Hall–Kier alpha value is -0.880. The standard InChI is InChI=1S/C11H13BrN2O2S/c1-2-13-6-11(16)14(7-10(13)15)5-8-3-4-9(12)17-8/h3-4H,2,5-7H2,1H3. The van der Waals surface area contributed by atoms with E-state index in [2.05, 4.69) is 15.9 Å². The number of amides is 2. The largest absolute Gasteiger partial charge is 0.332 e. The number of thiophene rings is 1. The van der Waals surface area contributed by atoms with Gasteiger partial charge in [-0.05, 0) is 35.0 Å². The topological polar surface area (TPSA) is 40.6 Å². The molecule has 0 radical (unpaired) electrons. The summed E-state index contributed by atoms with van der Waals surface area (Å²) >= 11 is 4.97. The van der Waals surface area contributed by atoms with Crippen molar-refractivity contribution in [3.63, 3.8) is 0 Å². The molecule has 1 aromatic rings. The Labute approximate surface area is 112 Å². The van der Waals surface area contributed by atoms with E-state index in [-0.39, 0.29) is 24.9 Å². The van der Waals surface area contributed by atoms with Crippen LogP contribution in [0.4, 0.5) is 0 Å². The second-order valence-corrected chi connectivity index (χ2v) is 6.41. The van der Waals surface area contributed by atoms with E-state index in [4.69, 9.17) is 0 Å². The summed E-state index contributed by atoms with van der Waals surface area (Å²) in [5, 5.41) is 0. The lowest BCUT2D eigenvalue weighted by Gasteiger charge is -2.32. The zero-order chi connectivity index (χ0) is 12.4. The van der Waals surface area contributed by atoms with E-state index in [0.29, 0.717) is 13.1 Å². The van der Waals surface area contributed by atoms with Gasteiger partial charge in [-0.2, -0.15) is 0 Å². The summed E-state index contributed by atoms with van der Waals surface area (Å²) in [6.07, 6.45) is 0. The molecule has 0 unspecified atom stereocenters. The molecule has 0 atom stereocenters. The van der Waals surface area contributed by atoms with Crippen LogP contribution in [0, 0.1) is 0 Å². The van der Waals surface area contributed by atoms with Gasteiger partial charge in [-0.15, -0.1) is 11.3 Å². The molecule has 2 amide bonds. The average Bonchev–Trinajstić information content (AvgIpc) is 2.69. The third kappa shape index (κ3) is 2.87. The van der Waals surface area contributed by atoms with Gasteiger partial charge in [0, 0.05) is 11.4 Å². The number of carbonyl (C=O) groups is 2. The fourth-order valence-corrected chi connectivity index (χ4v) is 3.26. The van der Waals surface area contributed by atoms with Gasteiger partial charge in [0.05, 0.1) is 16.9 Å². The highest BCUT2D eigenvalue weighted by Gasteiger charge is 2.28. The van der Waals surface area contributed by atoms with Crippen LogP contribution in [0.2, 0.25) is 0 Å². The minimum absolute atomic E-state index is 0.0240. The van der Waals surface area contributed by atoms with Gasteiger partial charge in [0.25, 0.3) is 0 Å². The number of carbonyl (C=O) groups excluding carboxylic acids is 2. The molecule has 92 valence electrons. The SMILES string of the molecule is CCN1CC(=O)N(Cc2ccc(Br)s2)CC1=O. The summed E-state index contributed by atoms with van der Waals surface area (Å²) in [5.41, 5.74) is 0. The van der Waals surface area contributed by atoms with Crippen LogP contribution in [0.5, 0.6) is 0 Å². The van der Waals surface area contributed by atoms with Crippen molar-refractivity contribution in [3.8, 4) is 0 Å². The van der Waals surface area contributed by atoms with E-state index in [1.807, 2.05) is 19.1 Å². The maximum Gasteiger partial charge on any atom is 0.242 e. The Morgan fingerprint density at radius 3 is 2.47 bits per heavy atom. The first-order valence-corrected chi connectivity index (χ1v) is 7.01. The van der Waals surface area contributed by atoms with Crippen LogP contribution in [0.25, 0.3) is 0 Å². The van der Waals surface area contributed by atoms with Crippen LogP contribution < -0.4 is 0 Å². The van der Waals surface area contributed by atoms with Gasteiger partial charge in [0.15, 0.2) is 0 Å². The Bertz CT molecular complexity index is 446. The Morgan fingerprint density at radius 2 is 1.88 bits per heavy atom. The van der Waals surface area contributed by atoms with E-state index in [9.17, 15) is 9.59 Å². The fourth-order valence-electron chi connectivity index (χ4n) is 1.76. The predicted molar refractivity (Wildman–Crippen MR) is 69.7 cm³/mol. The molecule has 17 heavy (non-hydrogen) atoms. The zero-order valence-corrected chi connectivity index (χ0v) is 11.9. The third-order valence-electron chi connectivity index (χ3n) is 2.71. The van der Waals surface area contributed by atoms with E-state index in [0.717, 1.165) is 8.66 Å². The van der Waals surface area contributed by atoms with Crippen molar-refractivity contribution in [3.05, 3.63) is 20.8 Å². The van der Waals surface area contributed by atoms with Gasteiger partial charge in [-0.3, -0.25) is 9.59 Å². The van der Waals surface area contributed by atoms with E-state index in [1.165, 1.54) is 0 Å². The number of hydrogen-bond donors (Lipinski definition) is 0. The van der Waals surface area contributed by atoms with Crippen molar-refractivity contribution in [2.45, 2.75) is 13.5 Å². The molecule has 1 aromatic heterocycles. The van der Waals surface area contributed by atoms with Crippen molar-refractivity contribution in [1.82, 2.24) is 9.80 Å². The molecule has 2 heterocycles. The molecular weight excluding hydrogens is 304 g/mol. The van der Waals surface area contributed by atoms with Crippen LogP contribution in [-0.4, -0.2) is 41.2 Å². The lowest BCUT2D eigenvalue weighted by molar-refractivity contribution is -0.150. The molecule has 0 bridgehead atoms. The van der Waals surface area contributed by atoms with Crippen LogP contribution in [0.3, 0.4) is 0 Å². The molecule has 0 saturated carbocycles. The van der Waals surface area contributed by atoms with Crippen molar-refractivity contribution in [2.75, 3.05) is 19.6 Å². The second-order valence-electron chi connectivity index (χ2n) is 3.86. The summed E-state index contributed by atoms with van der Waals surface area (Å²) in [7, 11) is 0. The minimum atomic E-state index is 0.0240. The molecule has 1 aliphatic heterocycles. The van der Waals surface area contributed by atoms with E-state index >= 15 is 0 Å². The molecule has 1 aliphatic rings. The first-order valence-electron chi connectivity index (χ1n) is 5.40. The van der Waals surface area contributed by atoms with Gasteiger partial charge < -0.3 is 9.80 Å². The maximum atomic E-state index is 11.8. The highest BCUT2D eigenvalue weighted by atomic mass is 79.9. The van der Waals surface area contributed by atoms with Gasteiger partial charge >= 0.3 is 0 Å². The molecule has 2 rings (SSSR count). The molecule has 0 N–H and O–H groups in total. The molecule has 1 saturated heterocycles. The molecule has 1 fully saturated rings. The molecule has 0 aliphatic carbocycles. The fraction of sp³-hybridized carbons (Fsp3) is 0.455. The van der Waals surface area contributed by atoms with Crippen LogP contribution in [0.1, 0.15) is 11.8 Å². The molecule has 0 spiro atoms. The van der Waals surface area contributed by atoms with E-state index < -0.39 is 0 Å². The Kier molecular flexibility index (Phi) is 3.83. The number of halogens is 1. The summed E-state index contributed by atoms with van der Waals surface area (Å²) in [6.45, 7) is 3.42. The normalized spacial score (nSPS) is 16.8. The lowest BCUT2D eigenvalue weighted by atomic mass is 10.3. The van der Waals surface area contributed by atoms with Gasteiger partial charge in [0.2, 0.25) is 11.8 Å². The van der Waals surface area contributed by atoms with Gasteiger partial charge in [-0.1, -0.05) is 0 Å². The average molecular weight is 317 g/mol. The predicted octanol–water partition coefficient (Wildman–Crippen LogP) is 1.70. The van der Waals surface area contributed by atoms with Crippen molar-refractivity contribution < 1.29 is 9.59 Å². The molecular formula is C11H13BrN2O2S. The quantitative estimate of drug-likeness (QED) is 0.851. The summed E-state index contributed by atoms with van der Waals surface area (Å²) in [5.74, 6) is 0.0543. The Balaban J connectivity index is 2.03. The summed E-state index contributed by atoms with van der Waals surface area (Å²) in [6, 6.07) is 3.92. The monoisotopic (exact) mass is 316 g/mol. The van der Waals surface area contributed by atoms with Gasteiger partial charge in [0.1, 0.15) is 6.54 Å². The highest BCUT2D eigenvalue weighted by molar-refractivity contribution is 9.11. The molecule has 0 aromatic carbocycles.